The van der Waals surface area contributed by atoms with Gasteiger partial charge in [0.05, 0.1) is 0 Å². The lowest BCUT2D eigenvalue weighted by atomic mass is 10.4. The Morgan fingerprint density at radius 2 is 2.57 bits per heavy atom. The molecular weight excluding hydrogens is 124 g/mol. The molecule has 0 fully saturated rings. The SMILES string of the molecule is Cl[Si]C1=CCCC1. The molecule has 0 aliphatic heterocycles. The van der Waals surface area contributed by atoms with Gasteiger partial charge in [0.25, 0.3) is 0 Å². The molecule has 0 aromatic heterocycles. The molecule has 0 atom stereocenters. The van der Waals surface area contributed by atoms with Crippen molar-refractivity contribution in [1.82, 2.24) is 0 Å². The highest BCUT2D eigenvalue weighted by Crippen LogP contribution is 2.16. The van der Waals surface area contributed by atoms with E-state index < -0.39 is 0 Å². The van der Waals surface area contributed by atoms with E-state index in [0.717, 1.165) is 0 Å². The molecule has 0 aromatic rings. The highest BCUT2D eigenvalue weighted by Gasteiger charge is 2.01. The van der Waals surface area contributed by atoms with E-state index in [0.29, 0.717) is 8.83 Å². The lowest BCUT2D eigenvalue weighted by Crippen LogP contribution is -1.79. The van der Waals surface area contributed by atoms with Gasteiger partial charge >= 0.3 is 0 Å². The van der Waals surface area contributed by atoms with E-state index in [4.69, 9.17) is 11.1 Å². The number of rotatable bonds is 1. The predicted octanol–water partition coefficient (Wildman–Crippen LogP) is 1.91. The number of hydrogen-bond acceptors (Lipinski definition) is 0. The minimum atomic E-state index is 0.545. The topological polar surface area (TPSA) is 0 Å². The van der Waals surface area contributed by atoms with Crippen LogP contribution in [0.3, 0.4) is 0 Å². The number of hydrogen-bond donors (Lipinski definition) is 0. The second kappa shape index (κ2) is 2.53. The Morgan fingerprint density at radius 3 is 2.86 bits per heavy atom. The molecule has 0 saturated carbocycles. The molecule has 0 spiro atoms. The molecule has 0 aromatic carbocycles. The summed E-state index contributed by atoms with van der Waals surface area (Å²) in [7, 11) is 0.545. The Hall–Kier alpha value is 0.247. The van der Waals surface area contributed by atoms with Crippen LogP contribution in [0.4, 0.5) is 0 Å². The van der Waals surface area contributed by atoms with Gasteiger partial charge in [0.2, 0.25) is 8.83 Å². The molecule has 0 amide bonds. The van der Waals surface area contributed by atoms with Crippen molar-refractivity contribution in [3.8, 4) is 0 Å². The summed E-state index contributed by atoms with van der Waals surface area (Å²) in [6.07, 6.45) is 6.09. The summed E-state index contributed by atoms with van der Waals surface area (Å²) < 4.78 is 0. The van der Waals surface area contributed by atoms with Crippen LogP contribution in [0, 0.1) is 0 Å². The van der Waals surface area contributed by atoms with E-state index in [-0.39, 0.29) is 0 Å². The third-order valence-corrected chi connectivity index (χ3v) is 2.59. The van der Waals surface area contributed by atoms with Crippen LogP contribution in [-0.2, 0) is 0 Å². The fourth-order valence-electron chi connectivity index (χ4n) is 0.757. The maximum absolute atomic E-state index is 5.57. The lowest BCUT2D eigenvalue weighted by Gasteiger charge is -1.84. The molecule has 1 aliphatic carbocycles. The summed E-state index contributed by atoms with van der Waals surface area (Å²) in [5, 5.41) is 1.46. The largest absolute Gasteiger partial charge is 0.205 e. The first-order chi connectivity index (χ1) is 3.43. The molecule has 0 N–H and O–H groups in total. The highest BCUT2D eigenvalue weighted by molar-refractivity contribution is 6.97. The Labute approximate surface area is 51.1 Å². The van der Waals surface area contributed by atoms with Crippen LogP contribution >= 0.6 is 11.1 Å². The Kier molecular flexibility index (Phi) is 1.95. The van der Waals surface area contributed by atoms with Gasteiger partial charge in [-0.2, -0.15) is 11.1 Å². The molecule has 0 unspecified atom stereocenters. The summed E-state index contributed by atoms with van der Waals surface area (Å²) in [5.74, 6) is 0. The van der Waals surface area contributed by atoms with Crippen molar-refractivity contribution in [2.24, 2.45) is 0 Å². The summed E-state index contributed by atoms with van der Waals surface area (Å²) in [5.41, 5.74) is 0. The highest BCUT2D eigenvalue weighted by atomic mass is 35.6. The van der Waals surface area contributed by atoms with Crippen molar-refractivity contribution >= 4 is 19.9 Å². The third-order valence-electron chi connectivity index (χ3n) is 1.16. The fraction of sp³-hybridized carbons (Fsp3) is 0.600. The van der Waals surface area contributed by atoms with Gasteiger partial charge in [0.15, 0.2) is 0 Å². The van der Waals surface area contributed by atoms with Crippen LogP contribution in [0.25, 0.3) is 0 Å². The monoisotopic (exact) mass is 130 g/mol. The number of allylic oxidation sites excluding steroid dienone is 2. The van der Waals surface area contributed by atoms with Crippen molar-refractivity contribution in [3.05, 3.63) is 11.3 Å². The van der Waals surface area contributed by atoms with E-state index in [2.05, 4.69) is 6.08 Å². The molecule has 38 valence electrons. The zero-order chi connectivity index (χ0) is 5.11. The summed E-state index contributed by atoms with van der Waals surface area (Å²) in [6.45, 7) is 0. The van der Waals surface area contributed by atoms with E-state index >= 15 is 0 Å². The molecule has 1 rings (SSSR count). The normalized spacial score (nSPS) is 19.9. The fourth-order valence-corrected chi connectivity index (χ4v) is 1.76. The van der Waals surface area contributed by atoms with Gasteiger partial charge in [-0.3, -0.25) is 0 Å². The van der Waals surface area contributed by atoms with Gasteiger partial charge in [-0.15, -0.1) is 0 Å². The second-order valence-corrected chi connectivity index (χ2v) is 3.11. The second-order valence-electron chi connectivity index (χ2n) is 1.72. The van der Waals surface area contributed by atoms with Crippen LogP contribution in [0.2, 0.25) is 0 Å². The van der Waals surface area contributed by atoms with Crippen LogP contribution in [0.5, 0.6) is 0 Å². The molecule has 0 nitrogen and oxygen atoms in total. The van der Waals surface area contributed by atoms with E-state index in [1.165, 1.54) is 24.5 Å². The van der Waals surface area contributed by atoms with Crippen LogP contribution < -0.4 is 0 Å². The predicted molar refractivity (Wildman–Crippen MR) is 33.5 cm³/mol. The van der Waals surface area contributed by atoms with Crippen LogP contribution in [-0.4, -0.2) is 8.83 Å². The first-order valence-electron chi connectivity index (χ1n) is 2.49. The zero-order valence-corrected chi connectivity index (χ0v) is 5.83. The standard InChI is InChI=1S/C5H7ClSi/c6-7-5-3-1-2-4-5/h3H,1-2,4H2. The van der Waals surface area contributed by atoms with Gasteiger partial charge < -0.3 is 0 Å². The van der Waals surface area contributed by atoms with Crippen molar-refractivity contribution < 1.29 is 0 Å². The van der Waals surface area contributed by atoms with Gasteiger partial charge in [-0.1, -0.05) is 11.3 Å². The van der Waals surface area contributed by atoms with Crippen LogP contribution in [0.15, 0.2) is 11.3 Å². The smallest absolute Gasteiger partial charge is 0.165 e. The molecular formula is C5H7ClSi. The molecule has 0 heterocycles. The molecule has 0 saturated heterocycles. The van der Waals surface area contributed by atoms with Gasteiger partial charge in [0, 0.05) is 0 Å². The summed E-state index contributed by atoms with van der Waals surface area (Å²) in [4.78, 5) is 0. The summed E-state index contributed by atoms with van der Waals surface area (Å²) >= 11 is 5.57. The Balaban J connectivity index is 2.36. The van der Waals surface area contributed by atoms with Crippen molar-refractivity contribution in [2.75, 3.05) is 0 Å². The zero-order valence-electron chi connectivity index (χ0n) is 4.08. The minimum Gasteiger partial charge on any atom is -0.165 e. The van der Waals surface area contributed by atoms with Crippen molar-refractivity contribution in [2.45, 2.75) is 19.3 Å². The average Bonchev–Trinajstić information content (AvgIpc) is 2.14. The van der Waals surface area contributed by atoms with Gasteiger partial charge in [-0.25, -0.2) is 0 Å². The molecule has 0 bridgehead atoms. The molecule has 2 radical (unpaired) electrons. The molecule has 2 heteroatoms. The third kappa shape index (κ3) is 1.32. The van der Waals surface area contributed by atoms with Crippen molar-refractivity contribution in [1.29, 1.82) is 0 Å². The van der Waals surface area contributed by atoms with E-state index in [1.807, 2.05) is 0 Å². The average molecular weight is 131 g/mol. The Morgan fingerprint density at radius 1 is 1.71 bits per heavy atom. The lowest BCUT2D eigenvalue weighted by molar-refractivity contribution is 0.923. The van der Waals surface area contributed by atoms with E-state index in [9.17, 15) is 0 Å². The van der Waals surface area contributed by atoms with Gasteiger partial charge in [-0.05, 0) is 19.3 Å². The Bertz CT molecular complexity index is 88.1. The maximum Gasteiger partial charge on any atom is 0.205 e. The maximum atomic E-state index is 5.57. The van der Waals surface area contributed by atoms with Crippen LogP contribution in [0.1, 0.15) is 19.3 Å². The van der Waals surface area contributed by atoms with Gasteiger partial charge in [0.1, 0.15) is 0 Å². The van der Waals surface area contributed by atoms with Crippen molar-refractivity contribution in [3.63, 3.8) is 0 Å². The molecule has 7 heavy (non-hydrogen) atoms. The molecule has 1 aliphatic rings. The first-order valence-corrected chi connectivity index (χ1v) is 4.50. The van der Waals surface area contributed by atoms with E-state index in [1.54, 1.807) is 0 Å². The summed E-state index contributed by atoms with van der Waals surface area (Å²) in [6, 6.07) is 0. The first kappa shape index (κ1) is 5.38. The number of halogens is 1. The minimum absolute atomic E-state index is 0.545. The quantitative estimate of drug-likeness (QED) is 0.376.